The van der Waals surface area contributed by atoms with Crippen LogP contribution in [0.3, 0.4) is 0 Å². The van der Waals surface area contributed by atoms with E-state index in [1.54, 1.807) is 18.6 Å². The topological polar surface area (TPSA) is 42.9 Å². The van der Waals surface area contributed by atoms with Gasteiger partial charge in [-0.3, -0.25) is 4.98 Å². The van der Waals surface area contributed by atoms with Gasteiger partial charge < -0.3 is 4.79 Å². The molecule has 1 unspecified atom stereocenters. The van der Waals surface area contributed by atoms with Crippen LogP contribution in [0.15, 0.2) is 47.5 Å². The summed E-state index contributed by atoms with van der Waals surface area (Å²) in [5.74, 6) is -0.155. The molecule has 0 aliphatic heterocycles. The van der Waals surface area contributed by atoms with Crippen LogP contribution in [0.4, 0.5) is 0 Å². The Morgan fingerprint density at radius 2 is 2.00 bits per heavy atom. The third-order valence-electron chi connectivity index (χ3n) is 2.55. The van der Waals surface area contributed by atoms with Crippen LogP contribution in [0.5, 0.6) is 0 Å². The third-order valence-corrected chi connectivity index (χ3v) is 3.02. The minimum absolute atomic E-state index is 0.155. The van der Waals surface area contributed by atoms with Crippen molar-refractivity contribution in [3.05, 3.63) is 58.6 Å². The fraction of sp³-hybridized carbons (Fsp3) is 0.154. The first-order valence-electron chi connectivity index (χ1n) is 5.25. The second-order valence-electron chi connectivity index (χ2n) is 3.72. The van der Waals surface area contributed by atoms with Crippen LogP contribution in [-0.2, 0) is 11.2 Å². The lowest BCUT2D eigenvalue weighted by Gasteiger charge is -2.10. The summed E-state index contributed by atoms with van der Waals surface area (Å²) in [5.41, 5.74) is 2.03. The van der Waals surface area contributed by atoms with Crippen molar-refractivity contribution in [3.63, 3.8) is 0 Å². The van der Waals surface area contributed by atoms with Gasteiger partial charge in [0, 0.05) is 24.5 Å². The summed E-state index contributed by atoms with van der Waals surface area (Å²) in [6.45, 7) is 0. The molecule has 2 aromatic heterocycles. The number of carbonyl (C=O) groups excluding carboxylic acids is 1. The minimum Gasteiger partial charge on any atom is -0.303 e. The van der Waals surface area contributed by atoms with Gasteiger partial charge in [0.15, 0.2) is 0 Å². The Balaban J connectivity index is 2.17. The summed E-state index contributed by atoms with van der Waals surface area (Å²) in [6, 6.07) is 7.60. The van der Waals surface area contributed by atoms with Gasteiger partial charge in [0.25, 0.3) is 0 Å². The van der Waals surface area contributed by atoms with Gasteiger partial charge in [0.05, 0.1) is 0 Å². The molecular weight excluding hydrogens is 280 g/mol. The van der Waals surface area contributed by atoms with Gasteiger partial charge in [0.2, 0.25) is 0 Å². The molecule has 4 heteroatoms. The molecule has 0 saturated carbocycles. The van der Waals surface area contributed by atoms with E-state index in [4.69, 9.17) is 0 Å². The highest BCUT2D eigenvalue weighted by Gasteiger charge is 2.11. The maximum absolute atomic E-state index is 11.1. The monoisotopic (exact) mass is 290 g/mol. The molecule has 2 heterocycles. The Morgan fingerprint density at radius 1 is 1.24 bits per heavy atom. The number of aromatic nitrogens is 2. The van der Waals surface area contributed by atoms with E-state index in [9.17, 15) is 4.79 Å². The molecule has 0 aromatic carbocycles. The van der Waals surface area contributed by atoms with Gasteiger partial charge in [-0.15, -0.1) is 0 Å². The molecule has 0 spiro atoms. The Morgan fingerprint density at radius 3 is 2.59 bits per heavy atom. The van der Waals surface area contributed by atoms with E-state index in [0.29, 0.717) is 6.42 Å². The molecule has 0 aliphatic rings. The average molecular weight is 291 g/mol. The van der Waals surface area contributed by atoms with Crippen LogP contribution < -0.4 is 0 Å². The highest BCUT2D eigenvalue weighted by atomic mass is 79.9. The Bertz CT molecular complexity index is 485. The Labute approximate surface area is 108 Å². The summed E-state index contributed by atoms with van der Waals surface area (Å²) in [7, 11) is 0. The number of aldehydes is 1. The van der Waals surface area contributed by atoms with E-state index in [2.05, 4.69) is 25.9 Å². The maximum atomic E-state index is 11.1. The van der Waals surface area contributed by atoms with Gasteiger partial charge in [-0.1, -0.05) is 6.07 Å². The van der Waals surface area contributed by atoms with Crippen molar-refractivity contribution in [1.82, 2.24) is 9.97 Å². The maximum Gasteiger partial charge on any atom is 0.127 e. The number of rotatable bonds is 4. The molecule has 86 valence electrons. The number of nitrogens with zero attached hydrogens (tertiary/aromatic N) is 2. The van der Waals surface area contributed by atoms with Crippen LogP contribution in [0.1, 0.15) is 17.0 Å². The predicted octanol–water partition coefficient (Wildman–Crippen LogP) is 2.76. The molecule has 0 radical (unpaired) electrons. The lowest BCUT2D eigenvalue weighted by molar-refractivity contribution is -0.109. The van der Waals surface area contributed by atoms with E-state index in [1.807, 2.05) is 24.3 Å². The Hall–Kier alpha value is -1.55. The van der Waals surface area contributed by atoms with Gasteiger partial charge in [-0.05, 0) is 51.7 Å². The first-order chi connectivity index (χ1) is 8.29. The van der Waals surface area contributed by atoms with E-state index in [-0.39, 0.29) is 5.92 Å². The zero-order valence-electron chi connectivity index (χ0n) is 9.08. The van der Waals surface area contributed by atoms with E-state index in [0.717, 1.165) is 22.0 Å². The molecule has 2 aromatic rings. The van der Waals surface area contributed by atoms with Gasteiger partial charge in [-0.25, -0.2) is 4.98 Å². The molecule has 0 saturated heterocycles. The van der Waals surface area contributed by atoms with Crippen molar-refractivity contribution in [3.8, 4) is 0 Å². The zero-order valence-corrected chi connectivity index (χ0v) is 10.7. The normalized spacial score (nSPS) is 12.1. The van der Waals surface area contributed by atoms with Crippen molar-refractivity contribution < 1.29 is 4.79 Å². The van der Waals surface area contributed by atoms with Crippen molar-refractivity contribution in [2.45, 2.75) is 12.3 Å². The lowest BCUT2D eigenvalue weighted by Crippen LogP contribution is -2.05. The number of pyridine rings is 2. The first kappa shape index (κ1) is 11.9. The van der Waals surface area contributed by atoms with Crippen LogP contribution in [0.25, 0.3) is 0 Å². The summed E-state index contributed by atoms with van der Waals surface area (Å²) >= 11 is 3.28. The average Bonchev–Trinajstić information content (AvgIpc) is 2.38. The number of halogens is 1. The summed E-state index contributed by atoms with van der Waals surface area (Å²) in [6.07, 6.45) is 6.83. The second-order valence-corrected chi connectivity index (χ2v) is 4.53. The molecule has 3 nitrogen and oxygen atoms in total. The SMILES string of the molecule is O=CC(Cc1ccncc1)c1ccc(Br)nc1. The second kappa shape index (κ2) is 5.68. The van der Waals surface area contributed by atoms with Crippen LogP contribution in [-0.4, -0.2) is 16.3 Å². The van der Waals surface area contributed by atoms with Crippen molar-refractivity contribution in [1.29, 1.82) is 0 Å². The van der Waals surface area contributed by atoms with Gasteiger partial charge >= 0.3 is 0 Å². The summed E-state index contributed by atoms with van der Waals surface area (Å²) in [4.78, 5) is 19.2. The molecule has 0 amide bonds. The van der Waals surface area contributed by atoms with Crippen LogP contribution in [0.2, 0.25) is 0 Å². The molecule has 0 fully saturated rings. The van der Waals surface area contributed by atoms with Crippen molar-refractivity contribution in [2.75, 3.05) is 0 Å². The molecule has 0 aliphatic carbocycles. The fourth-order valence-electron chi connectivity index (χ4n) is 1.62. The third kappa shape index (κ3) is 3.20. The van der Waals surface area contributed by atoms with Crippen LogP contribution >= 0.6 is 15.9 Å². The number of carbonyl (C=O) groups is 1. The molecular formula is C13H11BrN2O. The first-order valence-corrected chi connectivity index (χ1v) is 6.04. The minimum atomic E-state index is -0.155. The largest absolute Gasteiger partial charge is 0.303 e. The van der Waals surface area contributed by atoms with E-state index in [1.165, 1.54) is 0 Å². The molecule has 1 atom stereocenters. The molecule has 0 N–H and O–H groups in total. The van der Waals surface area contributed by atoms with E-state index < -0.39 is 0 Å². The zero-order chi connectivity index (χ0) is 12.1. The molecule has 2 rings (SSSR count). The van der Waals surface area contributed by atoms with Crippen LogP contribution in [0, 0.1) is 0 Å². The quantitative estimate of drug-likeness (QED) is 0.642. The highest BCUT2D eigenvalue weighted by Crippen LogP contribution is 2.19. The fourth-order valence-corrected chi connectivity index (χ4v) is 1.86. The molecule has 17 heavy (non-hydrogen) atoms. The van der Waals surface area contributed by atoms with Crippen molar-refractivity contribution in [2.24, 2.45) is 0 Å². The van der Waals surface area contributed by atoms with Gasteiger partial charge in [0.1, 0.15) is 10.9 Å². The Kier molecular flexibility index (Phi) is 3.98. The predicted molar refractivity (Wildman–Crippen MR) is 68.7 cm³/mol. The number of hydrogen-bond donors (Lipinski definition) is 0. The number of hydrogen-bond acceptors (Lipinski definition) is 3. The summed E-state index contributed by atoms with van der Waals surface area (Å²) < 4.78 is 0.773. The van der Waals surface area contributed by atoms with E-state index >= 15 is 0 Å². The van der Waals surface area contributed by atoms with Gasteiger partial charge in [-0.2, -0.15) is 0 Å². The highest BCUT2D eigenvalue weighted by molar-refractivity contribution is 9.10. The molecule has 0 bridgehead atoms. The van der Waals surface area contributed by atoms with Crippen molar-refractivity contribution >= 4 is 22.2 Å². The smallest absolute Gasteiger partial charge is 0.127 e. The summed E-state index contributed by atoms with van der Waals surface area (Å²) in [5, 5.41) is 0. The lowest BCUT2D eigenvalue weighted by atomic mass is 9.95. The standard InChI is InChI=1S/C13H11BrN2O/c14-13-2-1-11(8-16-13)12(9-17)7-10-3-5-15-6-4-10/h1-6,8-9,12H,7H2.